The highest BCUT2D eigenvalue weighted by Gasteiger charge is 1.92. The molecular formula is C17H34O. The largest absolute Gasteiger partial charge is 0.501 e. The van der Waals surface area contributed by atoms with E-state index in [9.17, 15) is 0 Å². The SMILES string of the molecule is CCCCCCCCCCCCO/C=C(\C)CC. The van der Waals surface area contributed by atoms with Crippen molar-refractivity contribution in [1.29, 1.82) is 0 Å². The van der Waals surface area contributed by atoms with Crippen molar-refractivity contribution in [3.8, 4) is 0 Å². The number of hydrogen-bond donors (Lipinski definition) is 0. The first kappa shape index (κ1) is 17.5. The Morgan fingerprint density at radius 2 is 1.28 bits per heavy atom. The third-order valence-corrected chi connectivity index (χ3v) is 3.46. The van der Waals surface area contributed by atoms with E-state index in [0.717, 1.165) is 13.0 Å². The van der Waals surface area contributed by atoms with Crippen LogP contribution in [-0.4, -0.2) is 6.61 Å². The van der Waals surface area contributed by atoms with E-state index >= 15 is 0 Å². The molecule has 0 rings (SSSR count). The van der Waals surface area contributed by atoms with Gasteiger partial charge < -0.3 is 4.74 Å². The first-order valence-electron chi connectivity index (χ1n) is 8.08. The highest BCUT2D eigenvalue weighted by Crippen LogP contribution is 2.10. The summed E-state index contributed by atoms with van der Waals surface area (Å²) in [7, 11) is 0. The summed E-state index contributed by atoms with van der Waals surface area (Å²) >= 11 is 0. The molecule has 0 aromatic heterocycles. The van der Waals surface area contributed by atoms with Crippen molar-refractivity contribution in [3.63, 3.8) is 0 Å². The first-order chi connectivity index (χ1) is 8.81. The predicted octanol–water partition coefficient (Wildman–Crippen LogP) is 6.24. The number of unbranched alkanes of at least 4 members (excludes halogenated alkanes) is 9. The molecule has 0 heterocycles. The molecule has 0 radical (unpaired) electrons. The summed E-state index contributed by atoms with van der Waals surface area (Å²) in [5.41, 5.74) is 1.34. The van der Waals surface area contributed by atoms with Crippen LogP contribution < -0.4 is 0 Å². The molecule has 0 amide bonds. The number of hydrogen-bond acceptors (Lipinski definition) is 1. The quantitative estimate of drug-likeness (QED) is 0.279. The highest BCUT2D eigenvalue weighted by atomic mass is 16.5. The molecule has 0 N–H and O–H groups in total. The topological polar surface area (TPSA) is 9.23 Å². The molecule has 0 unspecified atom stereocenters. The van der Waals surface area contributed by atoms with E-state index < -0.39 is 0 Å². The van der Waals surface area contributed by atoms with Crippen LogP contribution in [0.2, 0.25) is 0 Å². The van der Waals surface area contributed by atoms with Gasteiger partial charge in [-0.05, 0) is 25.3 Å². The van der Waals surface area contributed by atoms with E-state index in [1.165, 1.54) is 69.8 Å². The number of allylic oxidation sites excluding steroid dienone is 1. The smallest absolute Gasteiger partial charge is 0.0873 e. The molecular weight excluding hydrogens is 220 g/mol. The first-order valence-corrected chi connectivity index (χ1v) is 8.08. The molecule has 108 valence electrons. The molecule has 0 bridgehead atoms. The van der Waals surface area contributed by atoms with E-state index in [2.05, 4.69) is 20.8 Å². The summed E-state index contributed by atoms with van der Waals surface area (Å²) in [6.07, 6.45) is 16.9. The van der Waals surface area contributed by atoms with Gasteiger partial charge in [-0.1, -0.05) is 71.6 Å². The zero-order valence-corrected chi connectivity index (χ0v) is 13.0. The van der Waals surface area contributed by atoms with Gasteiger partial charge in [-0.3, -0.25) is 0 Å². The average molecular weight is 254 g/mol. The lowest BCUT2D eigenvalue weighted by molar-refractivity contribution is 0.237. The van der Waals surface area contributed by atoms with Crippen LogP contribution in [0, 0.1) is 0 Å². The molecule has 0 saturated heterocycles. The fraction of sp³-hybridized carbons (Fsp3) is 0.882. The van der Waals surface area contributed by atoms with Crippen LogP contribution in [0.1, 0.15) is 91.4 Å². The van der Waals surface area contributed by atoms with Crippen LogP contribution in [0.3, 0.4) is 0 Å². The van der Waals surface area contributed by atoms with E-state index in [-0.39, 0.29) is 0 Å². The summed E-state index contributed by atoms with van der Waals surface area (Å²) in [6.45, 7) is 7.46. The van der Waals surface area contributed by atoms with Crippen LogP contribution in [0.5, 0.6) is 0 Å². The molecule has 0 saturated carbocycles. The van der Waals surface area contributed by atoms with Gasteiger partial charge in [-0.25, -0.2) is 0 Å². The zero-order chi connectivity index (χ0) is 13.5. The normalized spacial score (nSPS) is 11.8. The third-order valence-electron chi connectivity index (χ3n) is 3.46. The maximum atomic E-state index is 5.50. The van der Waals surface area contributed by atoms with Crippen LogP contribution in [0.4, 0.5) is 0 Å². The molecule has 0 fully saturated rings. The molecule has 0 aliphatic rings. The van der Waals surface area contributed by atoms with Crippen LogP contribution in [-0.2, 0) is 4.74 Å². The minimum atomic E-state index is 0.897. The molecule has 0 aromatic carbocycles. The van der Waals surface area contributed by atoms with Crippen molar-refractivity contribution >= 4 is 0 Å². The van der Waals surface area contributed by atoms with E-state index in [1.54, 1.807) is 0 Å². The van der Waals surface area contributed by atoms with Crippen molar-refractivity contribution in [2.45, 2.75) is 91.4 Å². The predicted molar refractivity (Wildman–Crippen MR) is 81.8 cm³/mol. The van der Waals surface area contributed by atoms with Gasteiger partial charge in [-0.2, -0.15) is 0 Å². The monoisotopic (exact) mass is 254 g/mol. The van der Waals surface area contributed by atoms with Gasteiger partial charge in [-0.15, -0.1) is 0 Å². The maximum Gasteiger partial charge on any atom is 0.0873 e. The second-order valence-corrected chi connectivity index (χ2v) is 5.37. The van der Waals surface area contributed by atoms with Crippen LogP contribution in [0.15, 0.2) is 11.8 Å². The second kappa shape index (κ2) is 14.6. The van der Waals surface area contributed by atoms with E-state index in [0.29, 0.717) is 0 Å². The molecule has 0 aromatic rings. The summed E-state index contributed by atoms with van der Waals surface area (Å²) in [4.78, 5) is 0. The van der Waals surface area contributed by atoms with Gasteiger partial charge in [0.15, 0.2) is 0 Å². The molecule has 0 aliphatic carbocycles. The van der Waals surface area contributed by atoms with Crippen LogP contribution in [0.25, 0.3) is 0 Å². The van der Waals surface area contributed by atoms with Gasteiger partial charge in [0.1, 0.15) is 0 Å². The molecule has 18 heavy (non-hydrogen) atoms. The maximum absolute atomic E-state index is 5.50. The lowest BCUT2D eigenvalue weighted by Gasteiger charge is -2.03. The lowest BCUT2D eigenvalue weighted by atomic mass is 10.1. The van der Waals surface area contributed by atoms with Crippen LogP contribution >= 0.6 is 0 Å². The number of ether oxygens (including phenoxy) is 1. The van der Waals surface area contributed by atoms with Gasteiger partial charge in [0, 0.05) is 0 Å². The van der Waals surface area contributed by atoms with Crippen molar-refractivity contribution < 1.29 is 4.74 Å². The molecule has 0 atom stereocenters. The lowest BCUT2D eigenvalue weighted by Crippen LogP contribution is -1.89. The highest BCUT2D eigenvalue weighted by molar-refractivity contribution is 4.90. The Bertz CT molecular complexity index is 184. The van der Waals surface area contributed by atoms with Gasteiger partial charge >= 0.3 is 0 Å². The Kier molecular flexibility index (Phi) is 14.2. The third kappa shape index (κ3) is 13.6. The Balaban J connectivity index is 3.03. The fourth-order valence-corrected chi connectivity index (χ4v) is 1.96. The fourth-order valence-electron chi connectivity index (χ4n) is 1.96. The Morgan fingerprint density at radius 3 is 1.78 bits per heavy atom. The summed E-state index contributed by atoms with van der Waals surface area (Å²) in [5.74, 6) is 0. The molecule has 0 aliphatic heterocycles. The van der Waals surface area contributed by atoms with Crippen molar-refractivity contribution in [1.82, 2.24) is 0 Å². The minimum absolute atomic E-state index is 0.897. The zero-order valence-electron chi connectivity index (χ0n) is 13.0. The van der Waals surface area contributed by atoms with Crippen molar-refractivity contribution in [3.05, 3.63) is 11.8 Å². The Hall–Kier alpha value is -0.460. The number of rotatable bonds is 13. The summed E-state index contributed by atoms with van der Waals surface area (Å²) in [5, 5.41) is 0. The van der Waals surface area contributed by atoms with E-state index in [1.807, 2.05) is 6.26 Å². The average Bonchev–Trinajstić information content (AvgIpc) is 2.39. The summed E-state index contributed by atoms with van der Waals surface area (Å²) in [6, 6.07) is 0. The Morgan fingerprint density at radius 1 is 0.778 bits per heavy atom. The summed E-state index contributed by atoms with van der Waals surface area (Å²) < 4.78 is 5.50. The van der Waals surface area contributed by atoms with Gasteiger partial charge in [0.05, 0.1) is 12.9 Å². The standard InChI is InChI=1S/C17H34O/c1-4-6-7-8-9-10-11-12-13-14-15-18-16-17(3)5-2/h16H,4-15H2,1-3H3/b17-16+. The second-order valence-electron chi connectivity index (χ2n) is 5.37. The minimum Gasteiger partial charge on any atom is -0.501 e. The van der Waals surface area contributed by atoms with E-state index in [4.69, 9.17) is 4.74 Å². The Labute approximate surface area is 115 Å². The molecule has 1 nitrogen and oxygen atoms in total. The van der Waals surface area contributed by atoms with Crippen molar-refractivity contribution in [2.75, 3.05) is 6.61 Å². The molecule has 1 heteroatoms. The van der Waals surface area contributed by atoms with Gasteiger partial charge in [0.25, 0.3) is 0 Å². The molecule has 0 spiro atoms. The van der Waals surface area contributed by atoms with Crippen molar-refractivity contribution in [2.24, 2.45) is 0 Å². The van der Waals surface area contributed by atoms with Gasteiger partial charge in [0.2, 0.25) is 0 Å².